The molecule has 1 saturated heterocycles. The highest BCUT2D eigenvalue weighted by molar-refractivity contribution is 5.85. The van der Waals surface area contributed by atoms with Gasteiger partial charge in [0.05, 0.1) is 19.3 Å². The topological polar surface area (TPSA) is 93.6 Å². The van der Waals surface area contributed by atoms with Gasteiger partial charge in [0.1, 0.15) is 5.52 Å². The second-order valence-electron chi connectivity index (χ2n) is 5.16. The third kappa shape index (κ3) is 2.92. The molecule has 1 amide bonds. The molecule has 0 saturated carbocycles. The van der Waals surface area contributed by atoms with Gasteiger partial charge in [0.2, 0.25) is 5.89 Å². The van der Waals surface area contributed by atoms with Crippen LogP contribution in [0.4, 0.5) is 10.5 Å². The number of carbonyl (C=O) groups excluding carboxylic acids is 1. The number of anilines is 1. The number of carbonyl (C=O) groups is 1. The van der Waals surface area contributed by atoms with Crippen molar-refractivity contribution in [3.05, 3.63) is 24.1 Å². The molecule has 1 aromatic carbocycles. The lowest BCUT2D eigenvalue weighted by Crippen LogP contribution is -2.36. The number of nitrogens with zero attached hydrogens (tertiary/aromatic N) is 2. The summed E-state index contributed by atoms with van der Waals surface area (Å²) in [6.07, 6.45) is 0.494. The van der Waals surface area contributed by atoms with Gasteiger partial charge in [-0.3, -0.25) is 4.90 Å². The van der Waals surface area contributed by atoms with Crippen LogP contribution in [-0.4, -0.2) is 42.2 Å². The third-order valence-corrected chi connectivity index (χ3v) is 3.63. The van der Waals surface area contributed by atoms with Gasteiger partial charge in [0.25, 0.3) is 0 Å². The van der Waals surface area contributed by atoms with Crippen LogP contribution >= 0.6 is 0 Å². The molecule has 112 valence electrons. The first-order valence-electron chi connectivity index (χ1n) is 6.86. The number of nitrogens with two attached hydrogens (primary N) is 1. The van der Waals surface area contributed by atoms with Crippen molar-refractivity contribution < 1.29 is 13.9 Å². The quantitative estimate of drug-likeness (QED) is 0.829. The Bertz CT molecular complexity index is 655. The van der Waals surface area contributed by atoms with Crippen LogP contribution in [-0.2, 0) is 11.3 Å². The standard InChI is InChI=1S/C14H18N4O3/c1-20-14(19)16-9-5-6-18(7-9)8-12-17-13-10(15)3-2-4-11(13)21-12/h2-4,9H,5-8,15H2,1H3,(H,16,19). The molecular weight excluding hydrogens is 272 g/mol. The van der Waals surface area contributed by atoms with Crippen LogP contribution in [0, 0.1) is 0 Å². The lowest BCUT2D eigenvalue weighted by atomic mass is 10.3. The van der Waals surface area contributed by atoms with E-state index in [-0.39, 0.29) is 6.04 Å². The molecular formula is C14H18N4O3. The highest BCUT2D eigenvalue weighted by Gasteiger charge is 2.25. The largest absolute Gasteiger partial charge is 0.453 e. The second kappa shape index (κ2) is 5.61. The Morgan fingerprint density at radius 3 is 3.24 bits per heavy atom. The Morgan fingerprint density at radius 2 is 2.48 bits per heavy atom. The molecule has 7 nitrogen and oxygen atoms in total. The molecule has 0 bridgehead atoms. The molecule has 1 fully saturated rings. The van der Waals surface area contributed by atoms with Crippen molar-refractivity contribution in [2.24, 2.45) is 0 Å². The van der Waals surface area contributed by atoms with E-state index in [0.29, 0.717) is 29.2 Å². The third-order valence-electron chi connectivity index (χ3n) is 3.63. The van der Waals surface area contributed by atoms with Crippen molar-refractivity contribution >= 4 is 22.9 Å². The fraction of sp³-hybridized carbons (Fsp3) is 0.429. The van der Waals surface area contributed by atoms with Crippen LogP contribution in [0.25, 0.3) is 11.1 Å². The van der Waals surface area contributed by atoms with Gasteiger partial charge < -0.3 is 20.2 Å². The number of oxazole rings is 1. The fourth-order valence-electron chi connectivity index (χ4n) is 2.59. The van der Waals surface area contributed by atoms with Crippen molar-refractivity contribution in [3.63, 3.8) is 0 Å². The number of amides is 1. The zero-order chi connectivity index (χ0) is 14.8. The molecule has 3 N–H and O–H groups in total. The van der Waals surface area contributed by atoms with Gasteiger partial charge >= 0.3 is 6.09 Å². The van der Waals surface area contributed by atoms with Crippen molar-refractivity contribution in [3.8, 4) is 0 Å². The van der Waals surface area contributed by atoms with E-state index >= 15 is 0 Å². The summed E-state index contributed by atoms with van der Waals surface area (Å²) in [5.74, 6) is 0.640. The summed E-state index contributed by atoms with van der Waals surface area (Å²) < 4.78 is 10.3. The lowest BCUT2D eigenvalue weighted by Gasteiger charge is -2.14. The molecule has 0 spiro atoms. The summed E-state index contributed by atoms with van der Waals surface area (Å²) in [6, 6.07) is 5.61. The highest BCUT2D eigenvalue weighted by atomic mass is 16.5. The number of fused-ring (bicyclic) bond motifs is 1. The predicted octanol–water partition coefficient (Wildman–Crippen LogP) is 1.34. The average Bonchev–Trinajstić information content (AvgIpc) is 3.06. The highest BCUT2D eigenvalue weighted by Crippen LogP contribution is 2.22. The van der Waals surface area contributed by atoms with Gasteiger partial charge in [-0.05, 0) is 18.6 Å². The van der Waals surface area contributed by atoms with Crippen molar-refractivity contribution in [2.45, 2.75) is 19.0 Å². The van der Waals surface area contributed by atoms with E-state index in [0.717, 1.165) is 19.5 Å². The minimum atomic E-state index is -0.392. The Hall–Kier alpha value is -2.28. The maximum atomic E-state index is 11.2. The molecule has 2 heterocycles. The van der Waals surface area contributed by atoms with Crippen LogP contribution in [0.2, 0.25) is 0 Å². The SMILES string of the molecule is COC(=O)NC1CCN(Cc2nc3c(N)cccc3o2)C1. The molecule has 21 heavy (non-hydrogen) atoms. The molecule has 1 atom stereocenters. The molecule has 0 aliphatic carbocycles. The first-order valence-corrected chi connectivity index (χ1v) is 6.86. The maximum Gasteiger partial charge on any atom is 0.407 e. The maximum absolute atomic E-state index is 11.2. The summed E-state index contributed by atoms with van der Waals surface area (Å²) in [5, 5.41) is 2.81. The number of ether oxygens (including phenoxy) is 1. The van der Waals surface area contributed by atoms with Gasteiger partial charge in [-0.2, -0.15) is 0 Å². The number of hydrogen-bond acceptors (Lipinski definition) is 6. The van der Waals surface area contributed by atoms with Gasteiger partial charge in [-0.1, -0.05) is 6.07 Å². The fourth-order valence-corrected chi connectivity index (χ4v) is 2.59. The van der Waals surface area contributed by atoms with Crippen molar-refractivity contribution in [1.82, 2.24) is 15.2 Å². The number of para-hydroxylation sites is 1. The van der Waals surface area contributed by atoms with E-state index in [2.05, 4.69) is 19.9 Å². The Morgan fingerprint density at radius 1 is 1.62 bits per heavy atom. The van der Waals surface area contributed by atoms with Crippen LogP contribution in [0.5, 0.6) is 0 Å². The Balaban J connectivity index is 1.64. The number of benzene rings is 1. The van der Waals surface area contributed by atoms with Crippen LogP contribution < -0.4 is 11.1 Å². The number of likely N-dealkylation sites (tertiary alicyclic amines) is 1. The van der Waals surface area contributed by atoms with E-state index in [4.69, 9.17) is 10.2 Å². The molecule has 1 aliphatic rings. The number of alkyl carbamates (subject to hydrolysis) is 1. The smallest absolute Gasteiger partial charge is 0.407 e. The summed E-state index contributed by atoms with van der Waals surface area (Å²) >= 11 is 0. The summed E-state index contributed by atoms with van der Waals surface area (Å²) in [7, 11) is 1.37. The molecule has 1 aromatic heterocycles. The first kappa shape index (κ1) is 13.7. The van der Waals surface area contributed by atoms with E-state index in [9.17, 15) is 4.79 Å². The normalized spacial score (nSPS) is 19.0. The number of rotatable bonds is 3. The first-order chi connectivity index (χ1) is 10.2. The summed E-state index contributed by atoms with van der Waals surface area (Å²) in [4.78, 5) is 17.8. The van der Waals surface area contributed by atoms with Crippen LogP contribution in [0.3, 0.4) is 0 Å². The zero-order valence-electron chi connectivity index (χ0n) is 11.8. The average molecular weight is 290 g/mol. The lowest BCUT2D eigenvalue weighted by molar-refractivity contribution is 0.166. The number of aromatic nitrogens is 1. The predicted molar refractivity (Wildman–Crippen MR) is 77.6 cm³/mol. The summed E-state index contributed by atoms with van der Waals surface area (Å²) in [6.45, 7) is 2.24. The Kier molecular flexibility index (Phi) is 3.66. The van der Waals surface area contributed by atoms with Crippen molar-refractivity contribution in [2.75, 3.05) is 25.9 Å². The molecule has 2 aromatic rings. The van der Waals surface area contributed by atoms with Gasteiger partial charge in [0.15, 0.2) is 5.58 Å². The monoisotopic (exact) mass is 290 g/mol. The number of methoxy groups -OCH3 is 1. The number of nitrogen functional groups attached to an aromatic ring is 1. The van der Waals surface area contributed by atoms with Gasteiger partial charge in [0, 0.05) is 19.1 Å². The summed E-state index contributed by atoms with van der Waals surface area (Å²) in [5.41, 5.74) is 7.90. The molecule has 0 radical (unpaired) electrons. The van der Waals surface area contributed by atoms with Gasteiger partial charge in [-0.15, -0.1) is 0 Å². The number of nitrogens with one attached hydrogen (secondary N) is 1. The molecule has 1 aliphatic heterocycles. The van der Waals surface area contributed by atoms with Gasteiger partial charge in [-0.25, -0.2) is 9.78 Å². The van der Waals surface area contributed by atoms with E-state index in [1.54, 1.807) is 6.07 Å². The molecule has 1 unspecified atom stereocenters. The Labute approximate surface area is 122 Å². The molecule has 3 rings (SSSR count). The van der Waals surface area contributed by atoms with E-state index in [1.807, 2.05) is 12.1 Å². The molecule has 7 heteroatoms. The van der Waals surface area contributed by atoms with Crippen molar-refractivity contribution in [1.29, 1.82) is 0 Å². The van der Waals surface area contributed by atoms with E-state index in [1.165, 1.54) is 7.11 Å². The minimum absolute atomic E-state index is 0.104. The second-order valence-corrected chi connectivity index (χ2v) is 5.16. The van der Waals surface area contributed by atoms with Crippen LogP contribution in [0.1, 0.15) is 12.3 Å². The van der Waals surface area contributed by atoms with Crippen LogP contribution in [0.15, 0.2) is 22.6 Å². The minimum Gasteiger partial charge on any atom is -0.453 e. The number of hydrogen-bond donors (Lipinski definition) is 2. The van der Waals surface area contributed by atoms with E-state index < -0.39 is 6.09 Å². The zero-order valence-corrected chi connectivity index (χ0v) is 11.8.